The van der Waals surface area contributed by atoms with Crippen molar-refractivity contribution in [1.82, 2.24) is 0 Å². The summed E-state index contributed by atoms with van der Waals surface area (Å²) in [5, 5.41) is 11.1. The number of aliphatic hydroxyl groups excluding tert-OH is 1. The number of aliphatic hydroxyl groups is 1. The molecule has 0 bridgehead atoms. The molecular weight excluding hydrogens is 580 g/mol. The van der Waals surface area contributed by atoms with Crippen LogP contribution in [0.4, 0.5) is 5.69 Å². The first-order valence-electron chi connectivity index (χ1n) is 17.7. The lowest BCUT2D eigenvalue weighted by molar-refractivity contribution is -0.685. The van der Waals surface area contributed by atoms with Gasteiger partial charge in [0.1, 0.15) is 0 Å². The van der Waals surface area contributed by atoms with E-state index >= 15 is 0 Å². The maximum atomic E-state index is 13.2. The van der Waals surface area contributed by atoms with Gasteiger partial charge in [0.05, 0.1) is 12.7 Å². The van der Waals surface area contributed by atoms with E-state index in [4.69, 9.17) is 4.74 Å². The molecule has 5 fully saturated rings. The van der Waals surface area contributed by atoms with Crippen LogP contribution in [0, 0.1) is 56.7 Å². The summed E-state index contributed by atoms with van der Waals surface area (Å²) in [7, 11) is 4.05. The van der Waals surface area contributed by atoms with Gasteiger partial charge >= 0.3 is 5.97 Å². The Bertz CT molecular complexity index is 1280. The zero-order valence-electron chi connectivity index (χ0n) is 29.5. The molecule has 5 saturated carbocycles. The molecule has 1 aromatic heterocycles. The molecule has 0 amide bonds. The third kappa shape index (κ3) is 5.20. The third-order valence-corrected chi connectivity index (χ3v) is 15.4. The average molecular weight is 641 g/mol. The highest BCUT2D eigenvalue weighted by Gasteiger charge is 2.71. The highest BCUT2D eigenvalue weighted by molar-refractivity contribution is 5.67. The first-order chi connectivity index (χ1) is 20.6. The van der Waals surface area contributed by atoms with E-state index in [1.54, 1.807) is 0 Å². The topological polar surface area (TPSA) is 53.7 Å². The second-order valence-electron chi connectivity index (χ2n) is 17.7. The van der Waals surface area contributed by atoms with Crippen molar-refractivity contribution < 1.29 is 31.6 Å². The number of anilines is 1. The van der Waals surface area contributed by atoms with Gasteiger partial charge in [-0.25, -0.2) is 4.79 Å². The molecule has 6 rings (SSSR count). The molecular formula is C39H61ClN2O3. The van der Waals surface area contributed by atoms with E-state index < -0.39 is 0 Å². The van der Waals surface area contributed by atoms with Crippen LogP contribution in [0.5, 0.6) is 0 Å². The van der Waals surface area contributed by atoms with Crippen molar-refractivity contribution in [2.75, 3.05) is 25.6 Å². The SMILES string of the molecule is C=C(C)[C@@H]1CC[C@]2(COC(=O)C[n+]3ccc(N(C)C)cc3)CC[C@]3(C)[C@H](CC[C@@H]4[C@@]5(C)CC[C@H](O)C(C)(C)[C@@H]5CC[C@]43C)[C@@H]12.[Cl-]. The van der Waals surface area contributed by atoms with Crippen molar-refractivity contribution in [1.29, 1.82) is 0 Å². The fourth-order valence-corrected chi connectivity index (χ4v) is 12.8. The normalized spacial score (nSPS) is 43.0. The Morgan fingerprint density at radius 3 is 2.27 bits per heavy atom. The van der Waals surface area contributed by atoms with E-state index in [0.717, 1.165) is 31.4 Å². The second kappa shape index (κ2) is 11.8. The molecule has 1 aromatic rings. The van der Waals surface area contributed by atoms with Gasteiger partial charge in [0.2, 0.25) is 6.54 Å². The summed E-state index contributed by atoms with van der Waals surface area (Å²) in [5.41, 5.74) is 3.35. The molecule has 5 nitrogen and oxygen atoms in total. The standard InChI is InChI=1S/C39H61N2O3.ClH/c1-26(2)28-12-19-39(25-44-33(43)24-41-22-15-27(16-23-41)40(8)9)21-20-37(6)29(34(28)39)10-11-31-36(5)17-14-32(42)35(3,4)30(36)13-18-38(31,37)7;/h15-16,22-23,28-32,34,42H,1,10-14,17-21,24-25H2,2-9H3;1H/q+1;/p-1/t28-,29+,30-,31+,32-,34+,36-,37+,38+,39+;/m0./s1. The van der Waals surface area contributed by atoms with Crippen molar-refractivity contribution in [2.24, 2.45) is 56.7 Å². The van der Waals surface area contributed by atoms with Crippen LogP contribution in [0.25, 0.3) is 0 Å². The first kappa shape index (κ1) is 34.7. The molecule has 0 radical (unpaired) electrons. The minimum atomic E-state index is -0.180. The maximum Gasteiger partial charge on any atom is 0.372 e. The molecule has 0 saturated heterocycles. The number of aromatic nitrogens is 1. The Morgan fingerprint density at radius 1 is 0.933 bits per heavy atom. The molecule has 6 heteroatoms. The zero-order valence-corrected chi connectivity index (χ0v) is 30.3. The lowest BCUT2D eigenvalue weighted by atomic mass is 9.32. The maximum absolute atomic E-state index is 13.2. The number of nitrogens with zero attached hydrogens (tertiary/aromatic N) is 2. The van der Waals surface area contributed by atoms with Crippen molar-refractivity contribution in [2.45, 2.75) is 118 Å². The molecule has 10 atom stereocenters. The predicted molar refractivity (Wildman–Crippen MR) is 177 cm³/mol. The van der Waals surface area contributed by atoms with E-state index in [1.165, 1.54) is 44.1 Å². The van der Waals surface area contributed by atoms with Crippen molar-refractivity contribution >= 4 is 11.7 Å². The minimum Gasteiger partial charge on any atom is -1.00 e. The monoisotopic (exact) mass is 640 g/mol. The number of fused-ring (bicyclic) bond motifs is 7. The smallest absolute Gasteiger partial charge is 0.372 e. The number of hydrogen-bond acceptors (Lipinski definition) is 4. The number of ether oxygens (including phenoxy) is 1. The van der Waals surface area contributed by atoms with E-state index in [1.807, 2.05) is 43.2 Å². The minimum absolute atomic E-state index is 0. The number of hydrogen-bond donors (Lipinski definition) is 1. The van der Waals surface area contributed by atoms with Crippen molar-refractivity contribution in [3.05, 3.63) is 36.7 Å². The predicted octanol–water partition coefficient (Wildman–Crippen LogP) is 4.61. The van der Waals surface area contributed by atoms with Gasteiger partial charge in [0, 0.05) is 37.3 Å². The second-order valence-corrected chi connectivity index (χ2v) is 17.7. The fourth-order valence-electron chi connectivity index (χ4n) is 12.8. The Labute approximate surface area is 280 Å². The van der Waals surface area contributed by atoms with Crippen molar-refractivity contribution in [3.63, 3.8) is 0 Å². The van der Waals surface area contributed by atoms with Gasteiger partial charge in [-0.05, 0) is 122 Å². The molecule has 5 aliphatic rings. The zero-order chi connectivity index (χ0) is 31.9. The van der Waals surface area contributed by atoms with Gasteiger partial charge in [0.25, 0.3) is 0 Å². The van der Waals surface area contributed by atoms with Gasteiger partial charge in [-0.3, -0.25) is 0 Å². The number of carbonyl (C=O) groups is 1. The van der Waals surface area contributed by atoms with Crippen LogP contribution in [0.1, 0.15) is 106 Å². The van der Waals surface area contributed by atoms with E-state index in [-0.39, 0.29) is 47.3 Å². The van der Waals surface area contributed by atoms with Crippen LogP contribution in [0.15, 0.2) is 36.7 Å². The number of halogens is 1. The van der Waals surface area contributed by atoms with Crippen LogP contribution in [-0.4, -0.2) is 37.9 Å². The lowest BCUT2D eigenvalue weighted by Gasteiger charge is -2.73. The van der Waals surface area contributed by atoms with Gasteiger partial charge in [0.15, 0.2) is 12.4 Å². The van der Waals surface area contributed by atoms with Crippen LogP contribution in [0.2, 0.25) is 0 Å². The highest BCUT2D eigenvalue weighted by atomic mass is 35.5. The molecule has 1 N–H and O–H groups in total. The molecule has 1 heterocycles. The molecule has 0 aliphatic heterocycles. The summed E-state index contributed by atoms with van der Waals surface area (Å²) in [5.74, 6) is 2.85. The Morgan fingerprint density at radius 2 is 1.62 bits per heavy atom. The number of pyridine rings is 1. The molecule has 5 aliphatic carbocycles. The van der Waals surface area contributed by atoms with E-state index in [2.05, 4.69) is 53.0 Å². The van der Waals surface area contributed by atoms with E-state index in [9.17, 15) is 9.90 Å². The number of rotatable bonds is 6. The number of carbonyl (C=O) groups excluding carboxylic acids is 1. The summed E-state index contributed by atoms with van der Waals surface area (Å²) in [6.07, 6.45) is 15.7. The van der Waals surface area contributed by atoms with Crippen molar-refractivity contribution in [3.8, 4) is 0 Å². The fraction of sp³-hybridized carbons (Fsp3) is 0.795. The summed E-state index contributed by atoms with van der Waals surface area (Å²) >= 11 is 0. The molecule has 0 aromatic carbocycles. The van der Waals surface area contributed by atoms with Gasteiger partial charge in [-0.2, -0.15) is 4.57 Å². The summed E-state index contributed by atoms with van der Waals surface area (Å²) in [6.45, 7) is 20.3. The Balaban J connectivity index is 0.00000400. The highest BCUT2D eigenvalue weighted by Crippen LogP contribution is 2.77. The van der Waals surface area contributed by atoms with Crippen LogP contribution < -0.4 is 21.9 Å². The summed E-state index contributed by atoms with van der Waals surface area (Å²) < 4.78 is 8.17. The third-order valence-electron chi connectivity index (χ3n) is 15.4. The molecule has 45 heavy (non-hydrogen) atoms. The van der Waals surface area contributed by atoms with Crippen LogP contribution >= 0.6 is 0 Å². The quantitative estimate of drug-likeness (QED) is 0.281. The van der Waals surface area contributed by atoms with Gasteiger partial charge in [-0.1, -0.05) is 46.8 Å². The Kier molecular flexibility index (Phi) is 9.13. The van der Waals surface area contributed by atoms with Crippen LogP contribution in [0.3, 0.4) is 0 Å². The summed E-state index contributed by atoms with van der Waals surface area (Å²) in [6, 6.07) is 4.08. The molecule has 252 valence electrons. The average Bonchev–Trinajstić information content (AvgIpc) is 3.35. The molecule has 0 unspecified atom stereocenters. The van der Waals surface area contributed by atoms with Crippen LogP contribution in [-0.2, 0) is 16.1 Å². The number of esters is 1. The van der Waals surface area contributed by atoms with E-state index in [0.29, 0.717) is 47.0 Å². The Hall–Kier alpha value is -1.59. The summed E-state index contributed by atoms with van der Waals surface area (Å²) in [4.78, 5) is 15.3. The number of allylic oxidation sites excluding steroid dienone is 1. The largest absolute Gasteiger partial charge is 1.00 e. The lowest BCUT2D eigenvalue weighted by Crippen LogP contribution is -3.00. The first-order valence-corrected chi connectivity index (χ1v) is 17.7. The molecule has 0 spiro atoms. The van der Waals surface area contributed by atoms with Gasteiger partial charge < -0.3 is 27.2 Å². The van der Waals surface area contributed by atoms with Gasteiger partial charge in [-0.15, -0.1) is 0 Å².